The summed E-state index contributed by atoms with van der Waals surface area (Å²) in [4.78, 5) is 23.4. The molecule has 2 aromatic heterocycles. The maximum absolute atomic E-state index is 12.1. The van der Waals surface area contributed by atoms with Gasteiger partial charge in [0.2, 0.25) is 5.91 Å². The van der Waals surface area contributed by atoms with Gasteiger partial charge < -0.3 is 19.5 Å². The molecule has 1 fully saturated rings. The number of hydrogen-bond acceptors (Lipinski definition) is 5. The Balaban J connectivity index is 1.36. The molecule has 0 atom stereocenters. The molecular formula is C29H31N5O2. The highest BCUT2D eigenvalue weighted by Gasteiger charge is 2.19. The third-order valence-electron chi connectivity index (χ3n) is 6.80. The molecule has 3 heterocycles. The molecule has 0 saturated carbocycles. The van der Waals surface area contributed by atoms with E-state index in [1.807, 2.05) is 37.4 Å². The van der Waals surface area contributed by atoms with Crippen molar-refractivity contribution in [2.75, 3.05) is 23.3 Å². The molecule has 1 saturated heterocycles. The number of benzene rings is 2. The first-order valence-corrected chi connectivity index (χ1v) is 12.3. The molecule has 1 aliphatic rings. The van der Waals surface area contributed by atoms with Gasteiger partial charge >= 0.3 is 6.01 Å². The maximum atomic E-state index is 12.1. The van der Waals surface area contributed by atoms with E-state index < -0.39 is 0 Å². The molecule has 0 bridgehead atoms. The molecule has 0 aliphatic carbocycles. The van der Waals surface area contributed by atoms with E-state index in [9.17, 15) is 4.79 Å². The Morgan fingerprint density at radius 2 is 2.00 bits per heavy atom. The minimum Gasteiger partial charge on any atom is -0.459 e. The number of ether oxygens (including phenoxy) is 1. The number of nitrogens with one attached hydrogen (secondary N) is 1. The number of amides is 1. The second-order valence-electron chi connectivity index (χ2n) is 9.40. The van der Waals surface area contributed by atoms with E-state index in [0.717, 1.165) is 70.9 Å². The number of carbonyl (C=O) groups is 1. The number of anilines is 2. The number of aromatic nitrogens is 3. The molecule has 0 unspecified atom stereocenters. The fourth-order valence-electron chi connectivity index (χ4n) is 4.74. The van der Waals surface area contributed by atoms with E-state index in [4.69, 9.17) is 4.74 Å². The topological polar surface area (TPSA) is 72.3 Å². The second kappa shape index (κ2) is 10.2. The third kappa shape index (κ3) is 4.96. The van der Waals surface area contributed by atoms with Crippen LogP contribution in [-0.2, 0) is 18.4 Å². The zero-order valence-electron chi connectivity index (χ0n) is 20.8. The fourth-order valence-corrected chi connectivity index (χ4v) is 4.74. The van der Waals surface area contributed by atoms with Crippen molar-refractivity contribution >= 4 is 28.2 Å². The summed E-state index contributed by atoms with van der Waals surface area (Å²) >= 11 is 0. The summed E-state index contributed by atoms with van der Waals surface area (Å²) in [6, 6.07) is 16.5. The average Bonchev–Trinajstić information content (AvgIpc) is 3.25. The minimum absolute atomic E-state index is 0.231. The zero-order valence-corrected chi connectivity index (χ0v) is 20.8. The number of hydrogen-bond donors (Lipinski definition) is 1. The van der Waals surface area contributed by atoms with Gasteiger partial charge in [0.15, 0.2) is 0 Å². The molecule has 2 aromatic carbocycles. The number of aryl methyl sites for hydroxylation is 1. The van der Waals surface area contributed by atoms with Crippen LogP contribution in [0.4, 0.5) is 11.4 Å². The van der Waals surface area contributed by atoms with Crippen LogP contribution in [0.2, 0.25) is 0 Å². The minimum atomic E-state index is -0.231. The van der Waals surface area contributed by atoms with Gasteiger partial charge in [-0.25, -0.2) is 4.98 Å². The van der Waals surface area contributed by atoms with E-state index in [1.54, 1.807) is 6.20 Å². The number of rotatable bonds is 7. The van der Waals surface area contributed by atoms with E-state index in [-0.39, 0.29) is 12.5 Å². The predicted molar refractivity (Wildman–Crippen MR) is 144 cm³/mol. The molecule has 0 spiro atoms. The number of nitrogens with zero attached hydrogens (tertiary/aromatic N) is 4. The van der Waals surface area contributed by atoms with Gasteiger partial charge in [-0.3, -0.25) is 4.79 Å². The van der Waals surface area contributed by atoms with Crippen LogP contribution in [-0.4, -0.2) is 33.5 Å². The molecule has 7 heteroatoms. The number of piperidine rings is 1. The molecule has 5 rings (SSSR count). The Hall–Kier alpha value is -4.13. The van der Waals surface area contributed by atoms with Gasteiger partial charge in [-0.2, -0.15) is 4.98 Å². The quantitative estimate of drug-likeness (QED) is 0.349. The number of para-hydroxylation sites is 1. The Labute approximate surface area is 211 Å². The van der Waals surface area contributed by atoms with Gasteiger partial charge in [0.05, 0.1) is 17.1 Å². The summed E-state index contributed by atoms with van der Waals surface area (Å²) in [7, 11) is 2.03. The molecule has 1 N–H and O–H groups in total. The fraction of sp³-hybridized carbons (Fsp3) is 0.276. The third-order valence-corrected chi connectivity index (χ3v) is 6.80. The average molecular weight is 482 g/mol. The van der Waals surface area contributed by atoms with Crippen molar-refractivity contribution in [1.82, 2.24) is 14.5 Å². The van der Waals surface area contributed by atoms with E-state index in [0.29, 0.717) is 6.01 Å². The molecule has 1 amide bonds. The van der Waals surface area contributed by atoms with Crippen LogP contribution >= 0.6 is 0 Å². The highest BCUT2D eigenvalue weighted by atomic mass is 16.5. The molecule has 184 valence electrons. The van der Waals surface area contributed by atoms with Crippen molar-refractivity contribution in [2.45, 2.75) is 26.4 Å². The lowest BCUT2D eigenvalue weighted by Crippen LogP contribution is -2.33. The second-order valence-corrected chi connectivity index (χ2v) is 9.40. The molecule has 0 radical (unpaired) electrons. The Morgan fingerprint density at radius 1 is 1.19 bits per heavy atom. The number of fused-ring (bicyclic) bond motifs is 1. The summed E-state index contributed by atoms with van der Waals surface area (Å²) in [6.07, 6.45) is 7.37. The molecule has 1 aliphatic heterocycles. The van der Waals surface area contributed by atoms with Crippen LogP contribution in [0.1, 0.15) is 25.3 Å². The lowest BCUT2D eigenvalue weighted by Gasteiger charge is -2.33. The standard InChI is InChI=1S/C29H31N5O2/c1-4-28(35)31-25-17-21(9-10-27(25)34-15-12-20(2)13-16-34)19-36-29-30-14-11-24(32-29)23-18-33(3)26-8-6-5-7-22(23)26/h4-11,14,17-18,20H,1,12-13,15-16,19H2,2-3H3,(H,31,35). The van der Waals surface area contributed by atoms with Crippen LogP contribution in [0.5, 0.6) is 6.01 Å². The van der Waals surface area contributed by atoms with E-state index in [1.165, 1.54) is 6.08 Å². The van der Waals surface area contributed by atoms with Crippen LogP contribution in [0.15, 0.2) is 73.6 Å². The van der Waals surface area contributed by atoms with Crippen molar-refractivity contribution in [2.24, 2.45) is 13.0 Å². The summed E-state index contributed by atoms with van der Waals surface area (Å²) in [5.74, 6) is 0.496. The normalized spacial score (nSPS) is 14.1. The summed E-state index contributed by atoms with van der Waals surface area (Å²) in [6.45, 7) is 8.11. The van der Waals surface area contributed by atoms with Crippen molar-refractivity contribution in [3.63, 3.8) is 0 Å². The zero-order chi connectivity index (χ0) is 25.1. The predicted octanol–water partition coefficient (Wildman–Crippen LogP) is 5.58. The highest BCUT2D eigenvalue weighted by Crippen LogP contribution is 2.32. The number of carbonyl (C=O) groups excluding carboxylic acids is 1. The lowest BCUT2D eigenvalue weighted by molar-refractivity contribution is -0.111. The Bertz CT molecular complexity index is 1400. The van der Waals surface area contributed by atoms with Crippen LogP contribution in [0.3, 0.4) is 0 Å². The van der Waals surface area contributed by atoms with Crippen molar-refractivity contribution < 1.29 is 9.53 Å². The Morgan fingerprint density at radius 3 is 2.81 bits per heavy atom. The van der Waals surface area contributed by atoms with Crippen molar-refractivity contribution in [3.05, 3.63) is 79.1 Å². The first kappa shape index (κ1) is 23.6. The van der Waals surface area contributed by atoms with Gasteiger partial charge in [0.25, 0.3) is 0 Å². The van der Waals surface area contributed by atoms with Crippen LogP contribution < -0.4 is 15.0 Å². The van der Waals surface area contributed by atoms with Crippen LogP contribution in [0.25, 0.3) is 22.2 Å². The molecule has 36 heavy (non-hydrogen) atoms. The van der Waals surface area contributed by atoms with Crippen molar-refractivity contribution in [3.8, 4) is 17.3 Å². The maximum Gasteiger partial charge on any atom is 0.317 e. The first-order valence-electron chi connectivity index (χ1n) is 12.3. The van der Waals surface area contributed by atoms with Crippen LogP contribution in [0, 0.1) is 5.92 Å². The van der Waals surface area contributed by atoms with Gasteiger partial charge in [0, 0.05) is 49.0 Å². The Kier molecular flexibility index (Phi) is 6.71. The van der Waals surface area contributed by atoms with Gasteiger partial charge in [-0.1, -0.05) is 37.8 Å². The smallest absolute Gasteiger partial charge is 0.317 e. The van der Waals surface area contributed by atoms with Crippen molar-refractivity contribution in [1.29, 1.82) is 0 Å². The summed E-state index contributed by atoms with van der Waals surface area (Å²) in [5, 5.41) is 4.10. The molecule has 7 nitrogen and oxygen atoms in total. The lowest BCUT2D eigenvalue weighted by atomic mass is 9.98. The SMILES string of the molecule is C=CC(=O)Nc1cc(COc2nccc(-c3cn(C)c4ccccc34)n2)ccc1N1CCC(C)CC1. The van der Waals surface area contributed by atoms with Gasteiger partial charge in [-0.05, 0) is 54.7 Å². The van der Waals surface area contributed by atoms with E-state index in [2.05, 4.69) is 62.7 Å². The largest absolute Gasteiger partial charge is 0.459 e. The molecule has 4 aromatic rings. The molecular weight excluding hydrogens is 450 g/mol. The van der Waals surface area contributed by atoms with Gasteiger partial charge in [-0.15, -0.1) is 0 Å². The first-order chi connectivity index (χ1) is 17.5. The van der Waals surface area contributed by atoms with Gasteiger partial charge in [0.1, 0.15) is 6.61 Å². The monoisotopic (exact) mass is 481 g/mol. The summed E-state index contributed by atoms with van der Waals surface area (Å²) in [5.41, 5.74) is 5.70. The summed E-state index contributed by atoms with van der Waals surface area (Å²) < 4.78 is 8.08. The van der Waals surface area contributed by atoms with E-state index >= 15 is 0 Å². The highest BCUT2D eigenvalue weighted by molar-refractivity contribution is 6.01.